The van der Waals surface area contributed by atoms with Gasteiger partial charge in [-0.2, -0.15) is 0 Å². The summed E-state index contributed by atoms with van der Waals surface area (Å²) < 4.78 is 6.28. The number of aldehydes is 1. The molecule has 0 amide bonds. The van der Waals surface area contributed by atoms with Crippen LogP contribution in [0.25, 0.3) is 0 Å². The van der Waals surface area contributed by atoms with E-state index in [0.717, 1.165) is 0 Å². The van der Waals surface area contributed by atoms with Crippen molar-refractivity contribution in [1.29, 1.82) is 0 Å². The average molecular weight is 74.1 g/mol. The highest BCUT2D eigenvalue weighted by atomic mass is 16.1. The van der Waals surface area contributed by atoms with Crippen LogP contribution in [0, 0.1) is 0 Å². The van der Waals surface area contributed by atoms with Gasteiger partial charge in [0.25, 0.3) is 0 Å². The highest BCUT2D eigenvalue weighted by Gasteiger charge is 1.62. The molecule has 0 radical (unpaired) electrons. The van der Waals surface area contributed by atoms with Crippen molar-refractivity contribution in [3.63, 3.8) is 0 Å². The topological polar surface area (TPSA) is 29.1 Å². The second-order valence-electron chi connectivity index (χ2n) is 0.675. The van der Waals surface area contributed by atoms with E-state index in [0.29, 0.717) is 0 Å². The Kier molecular flexibility index (Phi) is 2.07. The minimum Gasteiger partial charge on any atom is -0.313 e. The summed E-state index contributed by atoms with van der Waals surface area (Å²) in [4.78, 5) is 9.65. The van der Waals surface area contributed by atoms with E-state index in [-0.39, 0.29) is 6.54 Å². The molecule has 2 heteroatoms. The Bertz CT molecular complexity index is 54.8. The van der Waals surface area contributed by atoms with Crippen LogP contribution in [0.15, 0.2) is 0 Å². The zero-order chi connectivity index (χ0) is 4.99. The number of carbonyl (C=O) groups is 1. The molecule has 0 rings (SSSR count). The van der Waals surface area contributed by atoms with Crippen molar-refractivity contribution in [2.45, 2.75) is 0 Å². The molecule has 0 fully saturated rings. The summed E-state index contributed by atoms with van der Waals surface area (Å²) >= 11 is 0. The predicted octanol–water partition coefficient (Wildman–Crippen LogP) is -0.595. The first-order valence-electron chi connectivity index (χ1n) is 1.91. The normalized spacial score (nSPS) is 10.2. The van der Waals surface area contributed by atoms with Gasteiger partial charge in [-0.05, 0) is 7.05 Å². The van der Waals surface area contributed by atoms with Gasteiger partial charge >= 0.3 is 0 Å². The van der Waals surface area contributed by atoms with Crippen molar-refractivity contribution in [2.24, 2.45) is 0 Å². The van der Waals surface area contributed by atoms with Gasteiger partial charge in [-0.3, -0.25) is 0 Å². The van der Waals surface area contributed by atoms with Gasteiger partial charge in [-0.25, -0.2) is 0 Å². The maximum Gasteiger partial charge on any atom is 0.133 e. The third kappa shape index (κ3) is 3.63. The number of rotatable bonds is 2. The first-order chi connectivity index (χ1) is 2.77. The molecule has 0 aliphatic rings. The zero-order valence-electron chi connectivity index (χ0n) is 4.12. The van der Waals surface area contributed by atoms with E-state index in [1.165, 1.54) is 0 Å². The standard InChI is InChI=1S/C3H7NO/c1-4-2-3-5/h3-4H,2H2,1H3/i3D. The van der Waals surface area contributed by atoms with Gasteiger partial charge in [0.1, 0.15) is 7.63 Å². The van der Waals surface area contributed by atoms with Crippen molar-refractivity contribution in [1.82, 2.24) is 5.32 Å². The van der Waals surface area contributed by atoms with Gasteiger partial charge in [0, 0.05) is 0 Å². The first-order valence-corrected chi connectivity index (χ1v) is 1.41. The molecule has 0 aromatic rings. The Morgan fingerprint density at radius 2 is 3.00 bits per heavy atom. The van der Waals surface area contributed by atoms with E-state index >= 15 is 0 Å². The molecule has 0 unspecified atom stereocenters. The molecule has 2 nitrogen and oxygen atoms in total. The number of hydrogen-bond donors (Lipinski definition) is 1. The lowest BCUT2D eigenvalue weighted by molar-refractivity contribution is -0.107. The number of likely N-dealkylation sites (N-methyl/N-ethyl adjacent to an activating group) is 1. The number of nitrogens with one attached hydrogen (secondary N) is 1. The monoisotopic (exact) mass is 74.1 g/mol. The second kappa shape index (κ2) is 3.63. The van der Waals surface area contributed by atoms with Crippen LogP contribution in [-0.2, 0) is 4.79 Å². The second-order valence-corrected chi connectivity index (χ2v) is 0.675. The van der Waals surface area contributed by atoms with Crippen molar-refractivity contribution in [2.75, 3.05) is 13.6 Å². The van der Waals surface area contributed by atoms with Crippen LogP contribution >= 0.6 is 0 Å². The fourth-order valence-corrected chi connectivity index (χ4v) is 0.0722. The summed E-state index contributed by atoms with van der Waals surface area (Å²) in [5.41, 5.74) is 0. The van der Waals surface area contributed by atoms with Gasteiger partial charge in [0.2, 0.25) is 0 Å². The summed E-state index contributed by atoms with van der Waals surface area (Å²) in [6, 6.07) is 0. The summed E-state index contributed by atoms with van der Waals surface area (Å²) in [6.07, 6.45) is -0.572. The Morgan fingerprint density at radius 1 is 2.40 bits per heavy atom. The lowest BCUT2D eigenvalue weighted by atomic mass is 10.7. The van der Waals surface area contributed by atoms with Gasteiger partial charge in [-0.1, -0.05) is 0 Å². The van der Waals surface area contributed by atoms with Crippen molar-refractivity contribution < 1.29 is 6.17 Å². The lowest BCUT2D eigenvalue weighted by Crippen LogP contribution is -2.07. The quantitative estimate of drug-likeness (QED) is 0.443. The molecule has 0 aromatic heterocycles. The fraction of sp³-hybridized carbons (Fsp3) is 0.667. The molecule has 0 heterocycles. The van der Waals surface area contributed by atoms with Crippen molar-refractivity contribution in [3.05, 3.63) is 0 Å². The van der Waals surface area contributed by atoms with Crippen LogP contribution in [0.1, 0.15) is 1.37 Å². The fourth-order valence-electron chi connectivity index (χ4n) is 0.0722. The van der Waals surface area contributed by atoms with E-state index in [1.54, 1.807) is 7.05 Å². The number of hydrogen-bond acceptors (Lipinski definition) is 2. The SMILES string of the molecule is [2H]C(=O)CNC. The van der Waals surface area contributed by atoms with Crippen molar-refractivity contribution in [3.8, 4) is 0 Å². The van der Waals surface area contributed by atoms with E-state index in [2.05, 4.69) is 5.32 Å². The van der Waals surface area contributed by atoms with E-state index in [1.807, 2.05) is 0 Å². The van der Waals surface area contributed by atoms with Crippen molar-refractivity contribution >= 4 is 6.26 Å². The average Bonchev–Trinajstić information content (AvgIpc) is 1.35. The molecule has 1 N–H and O–H groups in total. The Morgan fingerprint density at radius 3 is 3.00 bits per heavy atom. The molecule has 30 valence electrons. The van der Waals surface area contributed by atoms with E-state index in [9.17, 15) is 4.79 Å². The Balaban J connectivity index is 2.83. The maximum atomic E-state index is 9.65. The van der Waals surface area contributed by atoms with Crippen LogP contribution in [0.2, 0.25) is 0 Å². The molecule has 0 aliphatic heterocycles. The molecule has 0 bridgehead atoms. The largest absolute Gasteiger partial charge is 0.313 e. The van der Waals surface area contributed by atoms with Gasteiger partial charge in [0.05, 0.1) is 6.54 Å². The highest BCUT2D eigenvalue weighted by molar-refractivity contribution is 5.51. The molecular weight excluding hydrogens is 66.0 g/mol. The number of carbonyl (C=O) groups excluding carboxylic acids is 1. The van der Waals surface area contributed by atoms with Gasteiger partial charge in [0.15, 0.2) is 0 Å². The van der Waals surface area contributed by atoms with Gasteiger partial charge < -0.3 is 10.1 Å². The first kappa shape index (κ1) is 2.85. The van der Waals surface area contributed by atoms with Crippen LogP contribution in [0.4, 0.5) is 0 Å². The van der Waals surface area contributed by atoms with E-state index in [4.69, 9.17) is 1.37 Å². The third-order valence-corrected chi connectivity index (χ3v) is 0.249. The van der Waals surface area contributed by atoms with Crippen LogP contribution in [0.5, 0.6) is 0 Å². The summed E-state index contributed by atoms with van der Waals surface area (Å²) in [5, 5.41) is 2.53. The molecular formula is C3H7NO. The van der Waals surface area contributed by atoms with Crippen LogP contribution in [0.3, 0.4) is 0 Å². The zero-order valence-corrected chi connectivity index (χ0v) is 3.12. The van der Waals surface area contributed by atoms with E-state index < -0.39 is 6.26 Å². The molecule has 0 aliphatic carbocycles. The maximum absolute atomic E-state index is 9.65. The minimum atomic E-state index is -0.572. The predicted molar refractivity (Wildman–Crippen MR) is 20.0 cm³/mol. The smallest absolute Gasteiger partial charge is 0.133 e. The Hall–Kier alpha value is -0.370. The Labute approximate surface area is 32.6 Å². The lowest BCUT2D eigenvalue weighted by Gasteiger charge is -1.75. The summed E-state index contributed by atoms with van der Waals surface area (Å²) in [7, 11) is 1.63. The van der Waals surface area contributed by atoms with Gasteiger partial charge in [-0.15, -0.1) is 0 Å². The molecule has 0 saturated heterocycles. The molecule has 0 saturated carbocycles. The molecule has 5 heavy (non-hydrogen) atoms. The molecule has 0 spiro atoms. The molecule has 0 atom stereocenters. The van der Waals surface area contributed by atoms with Crippen LogP contribution < -0.4 is 5.32 Å². The summed E-state index contributed by atoms with van der Waals surface area (Å²) in [5.74, 6) is 0. The summed E-state index contributed by atoms with van der Waals surface area (Å²) in [6.45, 7) is 0.153. The highest BCUT2D eigenvalue weighted by Crippen LogP contribution is 1.32. The molecule has 0 aromatic carbocycles. The van der Waals surface area contributed by atoms with Crippen LogP contribution in [-0.4, -0.2) is 19.9 Å². The minimum absolute atomic E-state index is 0.153. The third-order valence-electron chi connectivity index (χ3n) is 0.249.